The highest BCUT2D eigenvalue weighted by atomic mass is 35.5. The average Bonchev–Trinajstić information content (AvgIpc) is 3.15. The summed E-state index contributed by atoms with van der Waals surface area (Å²) in [7, 11) is 1.61. The lowest BCUT2D eigenvalue weighted by molar-refractivity contribution is -0.0935. The number of fused-ring (bicyclic) bond motifs is 1. The van der Waals surface area contributed by atoms with Gasteiger partial charge < -0.3 is 19.6 Å². The van der Waals surface area contributed by atoms with Crippen molar-refractivity contribution in [1.29, 1.82) is 0 Å². The number of nitrogens with one attached hydrogen (secondary N) is 1. The minimum atomic E-state index is -0.589. The van der Waals surface area contributed by atoms with Gasteiger partial charge in [0.15, 0.2) is 0 Å². The third-order valence-corrected chi connectivity index (χ3v) is 5.79. The number of aliphatic hydroxyl groups is 1. The maximum absolute atomic E-state index is 10.3. The molecule has 1 unspecified atom stereocenters. The van der Waals surface area contributed by atoms with Gasteiger partial charge in [0.1, 0.15) is 11.9 Å². The van der Waals surface area contributed by atoms with E-state index in [4.69, 9.17) is 21.1 Å². The van der Waals surface area contributed by atoms with Gasteiger partial charge >= 0.3 is 0 Å². The molecule has 0 spiro atoms. The lowest BCUT2D eigenvalue weighted by Gasteiger charge is -2.30. The van der Waals surface area contributed by atoms with E-state index in [2.05, 4.69) is 21.0 Å². The normalized spacial score (nSPS) is 15.2. The Hall–Kier alpha value is -2.93. The van der Waals surface area contributed by atoms with E-state index in [1.807, 2.05) is 30.3 Å². The van der Waals surface area contributed by atoms with Crippen LogP contribution in [0.25, 0.3) is 33.3 Å². The molecule has 0 bridgehead atoms. The standard InChI is InChI=1S/C23H20ClN3O3/c1-29-17-4-15(8-25-10-17)18-5-14-6-21(27-22(14)7-19(18)24)13-2-3-20(26-9-13)23(28)16-11-30-12-16/h2-10,16,23,27-28H,11-12H2,1H3. The first-order chi connectivity index (χ1) is 14.6. The van der Waals surface area contributed by atoms with E-state index in [0.717, 1.165) is 33.3 Å². The molecule has 1 atom stereocenters. The van der Waals surface area contributed by atoms with E-state index in [-0.39, 0.29) is 5.92 Å². The summed E-state index contributed by atoms with van der Waals surface area (Å²) >= 11 is 6.55. The van der Waals surface area contributed by atoms with Crippen molar-refractivity contribution >= 4 is 22.5 Å². The maximum atomic E-state index is 10.3. The zero-order valence-electron chi connectivity index (χ0n) is 16.3. The molecule has 4 heterocycles. The Morgan fingerprint density at radius 1 is 1.13 bits per heavy atom. The topological polar surface area (TPSA) is 80.3 Å². The number of rotatable bonds is 5. The third kappa shape index (κ3) is 3.43. The Labute approximate surface area is 178 Å². The summed E-state index contributed by atoms with van der Waals surface area (Å²) in [6.07, 6.45) is 4.62. The van der Waals surface area contributed by atoms with Crippen LogP contribution in [0, 0.1) is 5.92 Å². The summed E-state index contributed by atoms with van der Waals surface area (Å²) in [4.78, 5) is 12.1. The number of aliphatic hydroxyl groups excluding tert-OH is 1. The van der Waals surface area contributed by atoms with E-state index in [0.29, 0.717) is 29.7 Å². The predicted octanol–water partition coefficient (Wildman–Crippen LogP) is 4.63. The first-order valence-corrected chi connectivity index (χ1v) is 10.0. The van der Waals surface area contributed by atoms with Crippen LogP contribution in [0.3, 0.4) is 0 Å². The number of pyridine rings is 2. The summed E-state index contributed by atoms with van der Waals surface area (Å²) in [6, 6.07) is 11.8. The van der Waals surface area contributed by atoms with Crippen molar-refractivity contribution in [3.05, 3.63) is 65.7 Å². The monoisotopic (exact) mass is 421 g/mol. The van der Waals surface area contributed by atoms with Gasteiger partial charge in [-0.3, -0.25) is 9.97 Å². The fraction of sp³-hybridized carbons (Fsp3) is 0.217. The molecule has 3 aromatic heterocycles. The summed E-state index contributed by atoms with van der Waals surface area (Å²) in [5, 5.41) is 12.0. The van der Waals surface area contributed by atoms with E-state index in [1.54, 1.807) is 25.7 Å². The highest BCUT2D eigenvalue weighted by molar-refractivity contribution is 6.34. The Morgan fingerprint density at radius 3 is 2.70 bits per heavy atom. The maximum Gasteiger partial charge on any atom is 0.137 e. The molecule has 0 radical (unpaired) electrons. The number of H-pyrrole nitrogens is 1. The van der Waals surface area contributed by atoms with Crippen LogP contribution in [-0.2, 0) is 4.74 Å². The van der Waals surface area contributed by atoms with Gasteiger partial charge in [-0.1, -0.05) is 11.6 Å². The molecule has 1 saturated heterocycles. The first-order valence-electron chi connectivity index (χ1n) is 9.66. The zero-order chi connectivity index (χ0) is 20.7. The number of hydrogen-bond donors (Lipinski definition) is 2. The Balaban J connectivity index is 1.47. The molecule has 30 heavy (non-hydrogen) atoms. The number of methoxy groups -OCH3 is 1. The van der Waals surface area contributed by atoms with Crippen LogP contribution in [0.4, 0.5) is 0 Å². The Kier molecular flexibility index (Phi) is 4.90. The molecule has 0 amide bonds. The largest absolute Gasteiger partial charge is 0.495 e. The molecule has 1 aromatic carbocycles. The molecule has 1 fully saturated rings. The summed E-state index contributed by atoms with van der Waals surface area (Å²) in [6.45, 7) is 1.16. The first kappa shape index (κ1) is 19.1. The lowest BCUT2D eigenvalue weighted by Crippen LogP contribution is -2.33. The number of hydrogen-bond acceptors (Lipinski definition) is 5. The van der Waals surface area contributed by atoms with Gasteiger partial charge in [0, 0.05) is 51.6 Å². The van der Waals surface area contributed by atoms with E-state index in [1.165, 1.54) is 0 Å². The fourth-order valence-corrected chi connectivity index (χ4v) is 3.90. The molecule has 2 N–H and O–H groups in total. The van der Waals surface area contributed by atoms with Crippen molar-refractivity contribution in [1.82, 2.24) is 15.0 Å². The third-order valence-electron chi connectivity index (χ3n) is 5.48. The van der Waals surface area contributed by atoms with Gasteiger partial charge in [-0.2, -0.15) is 0 Å². The second-order valence-corrected chi connectivity index (χ2v) is 7.84. The lowest BCUT2D eigenvalue weighted by atomic mass is 9.97. The van der Waals surface area contributed by atoms with Crippen molar-refractivity contribution in [2.45, 2.75) is 6.10 Å². The van der Waals surface area contributed by atoms with Crippen molar-refractivity contribution < 1.29 is 14.6 Å². The molecule has 0 aliphatic carbocycles. The van der Waals surface area contributed by atoms with Crippen molar-refractivity contribution in [3.63, 3.8) is 0 Å². The summed E-state index contributed by atoms with van der Waals surface area (Å²) < 4.78 is 10.4. The van der Waals surface area contributed by atoms with Gasteiger partial charge in [0.05, 0.1) is 37.2 Å². The van der Waals surface area contributed by atoms with E-state index in [9.17, 15) is 5.11 Å². The van der Waals surface area contributed by atoms with Gasteiger partial charge in [0.25, 0.3) is 0 Å². The minimum absolute atomic E-state index is 0.128. The number of benzene rings is 1. The summed E-state index contributed by atoms with van der Waals surface area (Å²) in [5.41, 5.74) is 5.25. The number of aromatic amines is 1. The van der Waals surface area contributed by atoms with Crippen LogP contribution in [0.2, 0.25) is 5.02 Å². The van der Waals surface area contributed by atoms with Crippen LogP contribution in [0.1, 0.15) is 11.8 Å². The molecule has 0 saturated carbocycles. The van der Waals surface area contributed by atoms with Crippen LogP contribution >= 0.6 is 11.6 Å². The smallest absolute Gasteiger partial charge is 0.137 e. The number of aromatic nitrogens is 3. The van der Waals surface area contributed by atoms with Crippen molar-refractivity contribution in [2.24, 2.45) is 5.92 Å². The molecule has 5 rings (SSSR count). The van der Waals surface area contributed by atoms with Crippen LogP contribution in [0.15, 0.2) is 55.0 Å². The highest BCUT2D eigenvalue weighted by Gasteiger charge is 2.28. The van der Waals surface area contributed by atoms with Gasteiger partial charge in [-0.05, 0) is 36.4 Å². The van der Waals surface area contributed by atoms with Gasteiger partial charge in [0.2, 0.25) is 0 Å². The van der Waals surface area contributed by atoms with E-state index >= 15 is 0 Å². The van der Waals surface area contributed by atoms with Crippen LogP contribution in [0.5, 0.6) is 5.75 Å². The van der Waals surface area contributed by atoms with Crippen LogP contribution < -0.4 is 4.74 Å². The second kappa shape index (κ2) is 7.72. The van der Waals surface area contributed by atoms with Crippen molar-refractivity contribution in [3.8, 4) is 28.1 Å². The zero-order valence-corrected chi connectivity index (χ0v) is 17.1. The quantitative estimate of drug-likeness (QED) is 0.491. The minimum Gasteiger partial charge on any atom is -0.495 e. The van der Waals surface area contributed by atoms with Gasteiger partial charge in [-0.15, -0.1) is 0 Å². The number of halogens is 1. The fourth-order valence-electron chi connectivity index (χ4n) is 3.63. The molecule has 1 aliphatic rings. The van der Waals surface area contributed by atoms with Crippen LogP contribution in [-0.4, -0.2) is 40.4 Å². The molecular formula is C23H20ClN3O3. The van der Waals surface area contributed by atoms with E-state index < -0.39 is 6.10 Å². The van der Waals surface area contributed by atoms with Crippen molar-refractivity contribution in [2.75, 3.05) is 20.3 Å². The Morgan fingerprint density at radius 2 is 2.00 bits per heavy atom. The molecular weight excluding hydrogens is 402 g/mol. The number of nitrogens with zero attached hydrogens (tertiary/aromatic N) is 2. The molecule has 1 aliphatic heterocycles. The molecule has 152 valence electrons. The summed E-state index contributed by atoms with van der Waals surface area (Å²) in [5.74, 6) is 0.809. The molecule has 6 nitrogen and oxygen atoms in total. The van der Waals surface area contributed by atoms with Gasteiger partial charge in [-0.25, -0.2) is 0 Å². The SMILES string of the molecule is COc1cncc(-c2cc3cc(-c4ccc(C(O)C5COC5)nc4)[nH]c3cc2Cl)c1. The average molecular weight is 422 g/mol. The highest BCUT2D eigenvalue weighted by Crippen LogP contribution is 2.35. The molecule has 7 heteroatoms. The Bertz CT molecular complexity index is 1200. The molecule has 4 aromatic rings. The number of ether oxygens (including phenoxy) is 2. The second-order valence-electron chi connectivity index (χ2n) is 7.43. The predicted molar refractivity (Wildman–Crippen MR) is 116 cm³/mol.